The Morgan fingerprint density at radius 1 is 0.385 bits per heavy atom. The highest BCUT2D eigenvalue weighted by Gasteiger charge is 2.47. The second-order valence-electron chi connectivity index (χ2n) is 16.7. The average Bonchev–Trinajstić information content (AvgIpc) is 4.06. The lowest BCUT2D eigenvalue weighted by Gasteiger charge is -2.33. The number of fused-ring (bicyclic) bond motifs is 7. The van der Waals surface area contributed by atoms with Gasteiger partial charge in [0.2, 0.25) is 0 Å². The number of aromatic nitrogens is 4. The molecule has 12 aromatic rings. The fraction of sp³-hybridized carbons (Fsp3) is 0.0167. The van der Waals surface area contributed by atoms with E-state index >= 15 is 0 Å². The van der Waals surface area contributed by atoms with E-state index in [4.69, 9.17) is 15.0 Å². The molecular formula is C60H38N4S. The third-order valence-electron chi connectivity index (χ3n) is 13.2. The van der Waals surface area contributed by atoms with Gasteiger partial charge in [-0.3, -0.25) is 0 Å². The fourth-order valence-corrected chi connectivity index (χ4v) is 11.4. The van der Waals surface area contributed by atoms with Gasteiger partial charge in [-0.05, 0) is 92.9 Å². The summed E-state index contributed by atoms with van der Waals surface area (Å²) in [7, 11) is 0. The van der Waals surface area contributed by atoms with E-state index in [0.29, 0.717) is 17.5 Å². The van der Waals surface area contributed by atoms with Gasteiger partial charge in [0.25, 0.3) is 0 Å². The van der Waals surface area contributed by atoms with Crippen LogP contribution in [0.2, 0.25) is 0 Å². The number of thiophene rings is 1. The van der Waals surface area contributed by atoms with Crippen LogP contribution in [0.15, 0.2) is 231 Å². The number of hydrogen-bond donors (Lipinski definition) is 0. The van der Waals surface area contributed by atoms with Crippen LogP contribution in [0.5, 0.6) is 0 Å². The molecule has 0 amide bonds. The predicted octanol–water partition coefficient (Wildman–Crippen LogP) is 15.2. The Labute approximate surface area is 380 Å². The molecule has 4 nitrogen and oxygen atoms in total. The molecule has 0 saturated carbocycles. The minimum atomic E-state index is -0.547. The van der Waals surface area contributed by atoms with E-state index in [1.165, 1.54) is 70.1 Å². The molecule has 0 N–H and O–H groups in total. The highest BCUT2D eigenvalue weighted by Crippen LogP contribution is 2.58. The Morgan fingerprint density at radius 3 is 1.55 bits per heavy atom. The number of rotatable bonds is 7. The second-order valence-corrected chi connectivity index (χ2v) is 17.8. The fourth-order valence-electron chi connectivity index (χ4n) is 10.3. The van der Waals surface area contributed by atoms with Gasteiger partial charge in [0, 0.05) is 42.7 Å². The van der Waals surface area contributed by atoms with Gasteiger partial charge >= 0.3 is 0 Å². The van der Waals surface area contributed by atoms with E-state index in [-0.39, 0.29) is 0 Å². The largest absolute Gasteiger partial charge is 0.309 e. The topological polar surface area (TPSA) is 43.6 Å². The van der Waals surface area contributed by atoms with Crippen molar-refractivity contribution in [2.45, 2.75) is 5.41 Å². The maximum Gasteiger partial charge on any atom is 0.164 e. The van der Waals surface area contributed by atoms with Crippen molar-refractivity contribution in [2.75, 3.05) is 0 Å². The predicted molar refractivity (Wildman–Crippen MR) is 269 cm³/mol. The molecular weight excluding hydrogens is 809 g/mol. The van der Waals surface area contributed by atoms with Crippen LogP contribution in [0.3, 0.4) is 0 Å². The summed E-state index contributed by atoms with van der Waals surface area (Å²) in [5.74, 6) is 1.88. The van der Waals surface area contributed by atoms with Gasteiger partial charge in [-0.15, -0.1) is 11.3 Å². The quantitative estimate of drug-likeness (QED) is 0.160. The van der Waals surface area contributed by atoms with Crippen LogP contribution in [0, 0.1) is 0 Å². The lowest BCUT2D eigenvalue weighted by Crippen LogP contribution is -2.28. The normalized spacial score (nSPS) is 12.7. The van der Waals surface area contributed by atoms with E-state index in [0.717, 1.165) is 27.9 Å². The van der Waals surface area contributed by atoms with Crippen LogP contribution in [0.25, 0.3) is 93.3 Å². The van der Waals surface area contributed by atoms with Gasteiger partial charge in [-0.25, -0.2) is 15.0 Å². The molecule has 13 rings (SSSR count). The van der Waals surface area contributed by atoms with E-state index < -0.39 is 5.41 Å². The molecule has 3 aromatic heterocycles. The van der Waals surface area contributed by atoms with Crippen LogP contribution < -0.4 is 0 Å². The van der Waals surface area contributed by atoms with Gasteiger partial charge in [-0.1, -0.05) is 182 Å². The molecule has 304 valence electrons. The summed E-state index contributed by atoms with van der Waals surface area (Å²) < 4.78 is 3.62. The summed E-state index contributed by atoms with van der Waals surface area (Å²) in [6, 6.07) is 82.7. The zero-order chi connectivity index (χ0) is 42.9. The molecule has 1 aliphatic carbocycles. The van der Waals surface area contributed by atoms with Crippen molar-refractivity contribution in [3.05, 3.63) is 253 Å². The highest BCUT2D eigenvalue weighted by atomic mass is 32.1. The third-order valence-corrected chi connectivity index (χ3v) is 14.3. The van der Waals surface area contributed by atoms with Crippen molar-refractivity contribution >= 4 is 43.2 Å². The second kappa shape index (κ2) is 14.9. The zero-order valence-corrected chi connectivity index (χ0v) is 36.0. The first-order valence-corrected chi connectivity index (χ1v) is 22.8. The first kappa shape index (κ1) is 37.3. The van der Waals surface area contributed by atoms with Crippen LogP contribution >= 0.6 is 11.3 Å². The standard InChI is InChI=1S/C60H38N4S/c1-3-17-43(18-4-1)60(44-19-5-2-6-20-44)50-25-11-8-23-48(50)56-49(24-15-26-51(56)60)59-62-57(40-32-30-39(31-33-40)55-38-42-16-7-14-29-54(42)65-55)61-58(63-59)41-34-36-45(37-35-41)64-52-27-12-9-21-46(52)47-22-10-13-28-53(47)64/h1-38H. The minimum absolute atomic E-state index is 0.547. The Bertz CT molecular complexity index is 3630. The molecule has 0 unspecified atom stereocenters. The Morgan fingerprint density at radius 2 is 0.892 bits per heavy atom. The summed E-state index contributed by atoms with van der Waals surface area (Å²) in [4.78, 5) is 17.3. The molecule has 0 aliphatic heterocycles. The summed E-state index contributed by atoms with van der Waals surface area (Å²) in [5.41, 5.74) is 14.1. The maximum atomic E-state index is 5.40. The van der Waals surface area contributed by atoms with Crippen molar-refractivity contribution in [2.24, 2.45) is 0 Å². The first-order valence-electron chi connectivity index (χ1n) is 22.0. The first-order chi connectivity index (χ1) is 32.2. The van der Waals surface area contributed by atoms with Gasteiger partial charge in [0.15, 0.2) is 17.5 Å². The molecule has 1 aliphatic rings. The molecule has 0 spiro atoms. The molecule has 0 radical (unpaired) electrons. The van der Waals surface area contributed by atoms with E-state index in [1.807, 2.05) is 11.3 Å². The Kier molecular flexibility index (Phi) is 8.58. The van der Waals surface area contributed by atoms with Crippen molar-refractivity contribution in [1.29, 1.82) is 0 Å². The van der Waals surface area contributed by atoms with Gasteiger partial charge in [0.1, 0.15) is 0 Å². The Balaban J connectivity index is 1.00. The van der Waals surface area contributed by atoms with E-state index in [9.17, 15) is 0 Å². The van der Waals surface area contributed by atoms with Crippen molar-refractivity contribution in [1.82, 2.24) is 19.5 Å². The molecule has 0 atom stereocenters. The maximum absolute atomic E-state index is 5.40. The zero-order valence-electron chi connectivity index (χ0n) is 35.1. The van der Waals surface area contributed by atoms with E-state index in [1.54, 1.807) is 0 Å². The van der Waals surface area contributed by atoms with Gasteiger partial charge in [0.05, 0.1) is 16.4 Å². The average molecular weight is 847 g/mol. The highest BCUT2D eigenvalue weighted by molar-refractivity contribution is 7.22. The van der Waals surface area contributed by atoms with Crippen LogP contribution in [-0.2, 0) is 5.41 Å². The third kappa shape index (κ3) is 5.86. The van der Waals surface area contributed by atoms with Crippen molar-refractivity contribution in [3.63, 3.8) is 0 Å². The minimum Gasteiger partial charge on any atom is -0.309 e. The molecule has 65 heavy (non-hydrogen) atoms. The molecule has 0 saturated heterocycles. The molecule has 0 bridgehead atoms. The SMILES string of the molecule is c1ccc(C2(c3ccccc3)c3ccccc3-c3c(-c4nc(-c5ccc(-c6cc7ccccc7s6)cc5)nc(-c5ccc(-n6c7ccccc7c7ccccc76)cc5)n4)cccc32)cc1. The monoisotopic (exact) mass is 846 g/mol. The summed E-state index contributed by atoms with van der Waals surface area (Å²) in [5, 5.41) is 3.73. The molecule has 0 fully saturated rings. The summed E-state index contributed by atoms with van der Waals surface area (Å²) >= 11 is 1.81. The van der Waals surface area contributed by atoms with E-state index in [2.05, 4.69) is 235 Å². The van der Waals surface area contributed by atoms with Crippen molar-refractivity contribution < 1.29 is 0 Å². The van der Waals surface area contributed by atoms with Crippen LogP contribution in [0.4, 0.5) is 0 Å². The molecule has 5 heteroatoms. The molecule has 9 aromatic carbocycles. The lowest BCUT2D eigenvalue weighted by atomic mass is 9.67. The van der Waals surface area contributed by atoms with Gasteiger partial charge in [-0.2, -0.15) is 0 Å². The van der Waals surface area contributed by atoms with Gasteiger partial charge < -0.3 is 4.57 Å². The lowest BCUT2D eigenvalue weighted by molar-refractivity contribution is 0.768. The molecule has 3 heterocycles. The van der Waals surface area contributed by atoms with Crippen molar-refractivity contribution in [3.8, 4) is 61.4 Å². The number of hydrogen-bond acceptors (Lipinski definition) is 4. The van der Waals surface area contributed by atoms with Crippen LogP contribution in [0.1, 0.15) is 22.3 Å². The number of nitrogens with zero attached hydrogens (tertiary/aromatic N) is 4. The Hall–Kier alpha value is -8.25. The summed E-state index contributed by atoms with van der Waals surface area (Å²) in [6.45, 7) is 0. The van der Waals surface area contributed by atoms with Crippen LogP contribution in [-0.4, -0.2) is 19.5 Å². The number of para-hydroxylation sites is 2. The smallest absolute Gasteiger partial charge is 0.164 e. The summed E-state index contributed by atoms with van der Waals surface area (Å²) in [6.07, 6.45) is 0. The number of benzene rings is 9.